The van der Waals surface area contributed by atoms with Gasteiger partial charge in [-0.25, -0.2) is 14.4 Å². The zero-order valence-corrected chi connectivity index (χ0v) is 17.6. The third-order valence-electron chi connectivity index (χ3n) is 4.32. The number of allylic oxidation sites excluding steroid dienone is 1. The fraction of sp³-hybridized carbons (Fsp3) is 0.450. The summed E-state index contributed by atoms with van der Waals surface area (Å²) in [4.78, 5) is 59.0. The number of rotatable bonds is 8. The van der Waals surface area contributed by atoms with Gasteiger partial charge in [0.1, 0.15) is 12.7 Å². The summed E-state index contributed by atoms with van der Waals surface area (Å²) < 4.78 is 25.8. The predicted octanol–water partition coefficient (Wildman–Crippen LogP) is 0.0350. The Kier molecular flexibility index (Phi) is 8.53. The van der Waals surface area contributed by atoms with Gasteiger partial charge in [0.15, 0.2) is 18.4 Å². The number of hydrogen-bond donors (Lipinski definition) is 1. The second-order valence-electron chi connectivity index (χ2n) is 6.70. The highest BCUT2D eigenvalue weighted by Gasteiger charge is 2.51. The Bertz CT molecular complexity index is 860. The lowest BCUT2D eigenvalue weighted by Crippen LogP contribution is -2.44. The van der Waals surface area contributed by atoms with Crippen LogP contribution in [0.15, 0.2) is 36.2 Å². The number of esters is 4. The Labute approximate surface area is 183 Å². The number of hydrogen-bond acceptors (Lipinski definition) is 11. The van der Waals surface area contributed by atoms with Crippen LogP contribution in [-0.2, 0) is 47.7 Å². The summed E-state index contributed by atoms with van der Waals surface area (Å²) in [5.41, 5.74) is 0.0598. The maximum atomic E-state index is 11.8. The highest BCUT2D eigenvalue weighted by atomic mass is 16.7. The fourth-order valence-electron chi connectivity index (χ4n) is 3.03. The smallest absolute Gasteiger partial charge is 0.333 e. The van der Waals surface area contributed by atoms with Gasteiger partial charge in [0.2, 0.25) is 0 Å². The highest BCUT2D eigenvalue weighted by molar-refractivity contribution is 5.91. The first-order valence-electron chi connectivity index (χ1n) is 9.43. The van der Waals surface area contributed by atoms with Crippen molar-refractivity contribution in [2.75, 3.05) is 13.7 Å². The van der Waals surface area contributed by atoms with Crippen LogP contribution < -0.4 is 0 Å². The second-order valence-corrected chi connectivity index (χ2v) is 6.70. The standard InChI is InChI=1S/C20H23NO11/c1-11(22)30-17-14(10-29-16(25)7-6-15(24)28-3)32-19(18(17)31-12(2)23)21-8-4-5-13(9-21)20(26)27/h4,6-9,14,17-19H,5,10H2,1-3H3,(H,26,27)/b7-6+/t14-,17-,18-,19-/m1/s1. The third kappa shape index (κ3) is 6.67. The normalized spacial score (nSPS) is 24.6. The lowest BCUT2D eigenvalue weighted by atomic mass is 10.1. The van der Waals surface area contributed by atoms with E-state index in [0.29, 0.717) is 0 Å². The third-order valence-corrected chi connectivity index (χ3v) is 4.32. The minimum absolute atomic E-state index is 0.0598. The van der Waals surface area contributed by atoms with E-state index in [1.807, 2.05) is 0 Å². The number of carbonyl (C=O) groups excluding carboxylic acids is 4. The van der Waals surface area contributed by atoms with Crippen LogP contribution in [0.4, 0.5) is 0 Å². The van der Waals surface area contributed by atoms with Crippen LogP contribution in [0, 0.1) is 0 Å². The van der Waals surface area contributed by atoms with Gasteiger partial charge in [-0.05, 0) is 0 Å². The van der Waals surface area contributed by atoms with E-state index in [1.165, 1.54) is 17.3 Å². The van der Waals surface area contributed by atoms with Gasteiger partial charge in [-0.15, -0.1) is 0 Å². The molecule has 12 heteroatoms. The van der Waals surface area contributed by atoms with Crippen LogP contribution in [0.25, 0.3) is 0 Å². The van der Waals surface area contributed by atoms with Crippen molar-refractivity contribution in [3.8, 4) is 0 Å². The summed E-state index contributed by atoms with van der Waals surface area (Å²) in [6, 6.07) is 0. The fourth-order valence-corrected chi connectivity index (χ4v) is 3.03. The van der Waals surface area contributed by atoms with Gasteiger partial charge in [-0.1, -0.05) is 6.08 Å². The van der Waals surface area contributed by atoms with Crippen molar-refractivity contribution in [2.24, 2.45) is 0 Å². The Balaban J connectivity index is 2.24. The maximum Gasteiger partial charge on any atom is 0.333 e. The molecule has 1 fully saturated rings. The van der Waals surface area contributed by atoms with Crippen molar-refractivity contribution in [1.29, 1.82) is 0 Å². The van der Waals surface area contributed by atoms with Crippen molar-refractivity contribution >= 4 is 29.8 Å². The minimum Gasteiger partial charge on any atom is -0.478 e. The Morgan fingerprint density at radius 3 is 2.31 bits per heavy atom. The molecule has 1 saturated heterocycles. The molecule has 174 valence electrons. The molecule has 2 rings (SSSR count). The SMILES string of the molecule is COC(=O)/C=C/C(=O)OC[C@H]1O[C@@H](N2C=CCC(C(=O)O)=C2)[C@H](OC(C)=O)[C@@H]1OC(C)=O. The molecular formula is C20H23NO11. The highest BCUT2D eigenvalue weighted by Crippen LogP contribution is 2.32. The monoisotopic (exact) mass is 453 g/mol. The lowest BCUT2D eigenvalue weighted by molar-refractivity contribution is -0.166. The minimum atomic E-state index is -1.16. The van der Waals surface area contributed by atoms with Crippen LogP contribution in [-0.4, -0.2) is 78.1 Å². The van der Waals surface area contributed by atoms with E-state index < -0.39 is 61.0 Å². The van der Waals surface area contributed by atoms with E-state index in [0.717, 1.165) is 33.1 Å². The second kappa shape index (κ2) is 11.1. The Morgan fingerprint density at radius 1 is 1.09 bits per heavy atom. The molecule has 2 aliphatic heterocycles. The summed E-state index contributed by atoms with van der Waals surface area (Å²) in [7, 11) is 1.14. The van der Waals surface area contributed by atoms with E-state index in [9.17, 15) is 29.1 Å². The molecule has 2 heterocycles. The first kappa shape index (κ1) is 24.6. The van der Waals surface area contributed by atoms with Gasteiger partial charge >= 0.3 is 29.8 Å². The maximum absolute atomic E-state index is 11.8. The molecule has 0 aromatic heterocycles. The van der Waals surface area contributed by atoms with E-state index in [4.69, 9.17) is 18.9 Å². The number of methoxy groups -OCH3 is 1. The summed E-state index contributed by atoms with van der Waals surface area (Å²) in [5, 5.41) is 9.26. The van der Waals surface area contributed by atoms with Gasteiger partial charge in [0, 0.05) is 44.8 Å². The van der Waals surface area contributed by atoms with Gasteiger partial charge in [0.05, 0.1) is 12.7 Å². The van der Waals surface area contributed by atoms with Gasteiger partial charge in [-0.2, -0.15) is 0 Å². The Morgan fingerprint density at radius 2 is 1.72 bits per heavy atom. The molecular weight excluding hydrogens is 430 g/mol. The van der Waals surface area contributed by atoms with E-state index >= 15 is 0 Å². The van der Waals surface area contributed by atoms with Crippen LogP contribution in [0.2, 0.25) is 0 Å². The molecule has 32 heavy (non-hydrogen) atoms. The molecule has 0 spiro atoms. The molecule has 0 unspecified atom stereocenters. The summed E-state index contributed by atoms with van der Waals surface area (Å²) in [6.45, 7) is 1.88. The number of ether oxygens (including phenoxy) is 5. The lowest BCUT2D eigenvalue weighted by Gasteiger charge is -2.30. The van der Waals surface area contributed by atoms with E-state index in [2.05, 4.69) is 4.74 Å². The molecule has 2 aliphatic rings. The van der Waals surface area contributed by atoms with Gasteiger partial charge < -0.3 is 33.7 Å². The quantitative estimate of drug-likeness (QED) is 0.299. The molecule has 1 N–H and O–H groups in total. The number of carboxylic acid groups (broad SMARTS) is 1. The van der Waals surface area contributed by atoms with Crippen LogP contribution in [0.3, 0.4) is 0 Å². The average molecular weight is 453 g/mol. The molecule has 0 saturated carbocycles. The summed E-state index contributed by atoms with van der Waals surface area (Å²) in [6.07, 6.45) is 1.87. The van der Waals surface area contributed by atoms with Crippen molar-refractivity contribution in [2.45, 2.75) is 44.8 Å². The van der Waals surface area contributed by atoms with Crippen molar-refractivity contribution < 1.29 is 52.8 Å². The Hall–Kier alpha value is -3.67. The van der Waals surface area contributed by atoms with Crippen LogP contribution >= 0.6 is 0 Å². The molecule has 0 aromatic rings. The molecule has 12 nitrogen and oxygen atoms in total. The van der Waals surface area contributed by atoms with Crippen molar-refractivity contribution in [3.63, 3.8) is 0 Å². The van der Waals surface area contributed by atoms with Gasteiger partial charge in [0.25, 0.3) is 0 Å². The zero-order valence-electron chi connectivity index (χ0n) is 17.6. The summed E-state index contributed by atoms with van der Waals surface area (Å²) >= 11 is 0. The van der Waals surface area contributed by atoms with E-state index in [-0.39, 0.29) is 12.0 Å². The van der Waals surface area contributed by atoms with Crippen LogP contribution in [0.1, 0.15) is 20.3 Å². The molecule has 0 aliphatic carbocycles. The first-order valence-corrected chi connectivity index (χ1v) is 9.43. The topological polar surface area (TPSA) is 155 Å². The predicted molar refractivity (Wildman–Crippen MR) is 103 cm³/mol. The number of aliphatic carboxylic acids is 1. The molecule has 0 radical (unpaired) electrons. The average Bonchev–Trinajstić information content (AvgIpc) is 3.06. The zero-order chi connectivity index (χ0) is 23.8. The van der Waals surface area contributed by atoms with Crippen LogP contribution in [0.5, 0.6) is 0 Å². The number of nitrogens with zero attached hydrogens (tertiary/aromatic N) is 1. The van der Waals surface area contributed by atoms with Gasteiger partial charge in [-0.3, -0.25) is 9.59 Å². The molecule has 0 amide bonds. The van der Waals surface area contributed by atoms with Crippen molar-refractivity contribution in [1.82, 2.24) is 4.90 Å². The summed E-state index contributed by atoms with van der Waals surface area (Å²) in [5.74, 6) is -4.18. The first-order chi connectivity index (χ1) is 15.1. The number of carboxylic acids is 1. The number of carbonyl (C=O) groups is 5. The molecule has 0 bridgehead atoms. The van der Waals surface area contributed by atoms with Crippen molar-refractivity contribution in [3.05, 3.63) is 36.2 Å². The largest absolute Gasteiger partial charge is 0.478 e. The molecule has 4 atom stereocenters. The molecule has 0 aromatic carbocycles. The van der Waals surface area contributed by atoms with E-state index in [1.54, 1.807) is 6.08 Å².